The molecule has 0 aliphatic heterocycles. The average Bonchev–Trinajstić information content (AvgIpc) is 2.68. The molecular formula is C10H16O4. The van der Waals surface area contributed by atoms with Gasteiger partial charge in [0.25, 0.3) is 0 Å². The molecule has 1 unspecified atom stereocenters. The highest BCUT2D eigenvalue weighted by Gasteiger charge is 2.27. The van der Waals surface area contributed by atoms with Gasteiger partial charge in [0.15, 0.2) is 5.92 Å². The minimum absolute atomic E-state index is 0.00889. The van der Waals surface area contributed by atoms with Crippen molar-refractivity contribution in [2.45, 2.75) is 38.7 Å². The van der Waals surface area contributed by atoms with Crippen LogP contribution in [0.4, 0.5) is 0 Å². The fourth-order valence-corrected chi connectivity index (χ4v) is 1.55. The second-order valence-electron chi connectivity index (χ2n) is 3.59. The van der Waals surface area contributed by atoms with Gasteiger partial charge in [-0.15, -0.1) is 0 Å². The maximum Gasteiger partial charge on any atom is 0.320 e. The standard InChI is InChI=1S/C10H16O4/c1-7(9(11)13-2)10(12)14-8-5-3-4-6-8/h7-8H,3-6H2,1-2H3. The van der Waals surface area contributed by atoms with E-state index in [2.05, 4.69) is 4.74 Å². The topological polar surface area (TPSA) is 52.6 Å². The van der Waals surface area contributed by atoms with Gasteiger partial charge in [-0.05, 0) is 32.6 Å². The minimum Gasteiger partial charge on any atom is -0.468 e. The third-order valence-electron chi connectivity index (χ3n) is 2.49. The summed E-state index contributed by atoms with van der Waals surface area (Å²) in [7, 11) is 1.27. The Morgan fingerprint density at radius 3 is 2.29 bits per heavy atom. The Balaban J connectivity index is 2.36. The summed E-state index contributed by atoms with van der Waals surface area (Å²) < 4.78 is 9.61. The minimum atomic E-state index is -0.805. The first kappa shape index (κ1) is 11.0. The van der Waals surface area contributed by atoms with E-state index < -0.39 is 17.9 Å². The van der Waals surface area contributed by atoms with E-state index in [1.807, 2.05) is 0 Å². The molecule has 0 N–H and O–H groups in total. The van der Waals surface area contributed by atoms with Crippen molar-refractivity contribution in [3.8, 4) is 0 Å². The summed E-state index contributed by atoms with van der Waals surface area (Å²) in [6.07, 6.45) is 4.04. The van der Waals surface area contributed by atoms with Crippen LogP contribution in [0.3, 0.4) is 0 Å². The third kappa shape index (κ3) is 2.72. The molecule has 0 aromatic rings. The lowest BCUT2D eigenvalue weighted by Crippen LogP contribution is -2.27. The largest absolute Gasteiger partial charge is 0.468 e. The highest BCUT2D eigenvalue weighted by molar-refractivity contribution is 5.94. The summed E-state index contributed by atoms with van der Waals surface area (Å²) in [5.74, 6) is -1.81. The Kier molecular flexibility index (Phi) is 3.92. The van der Waals surface area contributed by atoms with Crippen LogP contribution in [-0.2, 0) is 19.1 Å². The molecule has 1 atom stereocenters. The summed E-state index contributed by atoms with van der Waals surface area (Å²) in [6, 6.07) is 0. The van der Waals surface area contributed by atoms with E-state index in [1.165, 1.54) is 14.0 Å². The molecule has 4 heteroatoms. The molecule has 1 saturated carbocycles. The maximum atomic E-state index is 11.4. The Morgan fingerprint density at radius 1 is 1.21 bits per heavy atom. The zero-order valence-electron chi connectivity index (χ0n) is 8.62. The zero-order valence-corrected chi connectivity index (χ0v) is 8.62. The van der Waals surface area contributed by atoms with Crippen LogP contribution >= 0.6 is 0 Å². The molecule has 14 heavy (non-hydrogen) atoms. The molecule has 0 spiro atoms. The first-order valence-corrected chi connectivity index (χ1v) is 4.93. The molecular weight excluding hydrogens is 184 g/mol. The van der Waals surface area contributed by atoms with Crippen molar-refractivity contribution >= 4 is 11.9 Å². The van der Waals surface area contributed by atoms with Crippen molar-refractivity contribution in [1.29, 1.82) is 0 Å². The zero-order chi connectivity index (χ0) is 10.6. The first-order chi connectivity index (χ1) is 6.65. The van der Waals surface area contributed by atoms with Gasteiger partial charge in [0.1, 0.15) is 6.10 Å². The lowest BCUT2D eigenvalue weighted by Gasteiger charge is -2.14. The lowest BCUT2D eigenvalue weighted by atomic mass is 10.2. The second-order valence-corrected chi connectivity index (χ2v) is 3.59. The van der Waals surface area contributed by atoms with Crippen LogP contribution in [0.15, 0.2) is 0 Å². The summed E-state index contributed by atoms with van der Waals surface area (Å²) >= 11 is 0. The van der Waals surface area contributed by atoms with Gasteiger partial charge in [-0.1, -0.05) is 0 Å². The van der Waals surface area contributed by atoms with Gasteiger partial charge in [0, 0.05) is 0 Å². The van der Waals surface area contributed by atoms with E-state index in [1.54, 1.807) is 0 Å². The molecule has 0 heterocycles. The molecule has 0 radical (unpaired) electrons. The molecule has 0 aromatic heterocycles. The molecule has 80 valence electrons. The van der Waals surface area contributed by atoms with E-state index in [4.69, 9.17) is 4.74 Å². The summed E-state index contributed by atoms with van der Waals surface area (Å²) in [6.45, 7) is 1.50. The number of carbonyl (C=O) groups is 2. The Bertz CT molecular complexity index is 218. The highest BCUT2D eigenvalue weighted by atomic mass is 16.6. The van der Waals surface area contributed by atoms with Gasteiger partial charge in [0.2, 0.25) is 0 Å². The van der Waals surface area contributed by atoms with Gasteiger partial charge < -0.3 is 9.47 Å². The van der Waals surface area contributed by atoms with Crippen LogP contribution in [0.25, 0.3) is 0 Å². The van der Waals surface area contributed by atoms with Crippen molar-refractivity contribution in [2.75, 3.05) is 7.11 Å². The fourth-order valence-electron chi connectivity index (χ4n) is 1.55. The summed E-state index contributed by atoms with van der Waals surface area (Å²) in [5, 5.41) is 0. The molecule has 1 aliphatic carbocycles. The highest BCUT2D eigenvalue weighted by Crippen LogP contribution is 2.22. The number of hydrogen-bond donors (Lipinski definition) is 0. The van der Waals surface area contributed by atoms with E-state index in [0.29, 0.717) is 0 Å². The number of carbonyl (C=O) groups excluding carboxylic acids is 2. The number of ether oxygens (including phenoxy) is 2. The van der Waals surface area contributed by atoms with Crippen LogP contribution < -0.4 is 0 Å². The van der Waals surface area contributed by atoms with Crippen LogP contribution in [0.5, 0.6) is 0 Å². The van der Waals surface area contributed by atoms with Crippen LogP contribution in [0.1, 0.15) is 32.6 Å². The Labute approximate surface area is 83.6 Å². The lowest BCUT2D eigenvalue weighted by molar-refractivity contribution is -0.162. The van der Waals surface area contributed by atoms with Crippen molar-refractivity contribution in [2.24, 2.45) is 5.92 Å². The third-order valence-corrected chi connectivity index (χ3v) is 2.49. The smallest absolute Gasteiger partial charge is 0.320 e. The van der Waals surface area contributed by atoms with Crippen LogP contribution in [0.2, 0.25) is 0 Å². The van der Waals surface area contributed by atoms with E-state index in [-0.39, 0.29) is 6.10 Å². The molecule has 1 rings (SSSR count). The first-order valence-electron chi connectivity index (χ1n) is 4.93. The quantitative estimate of drug-likeness (QED) is 0.508. The van der Waals surface area contributed by atoms with E-state index in [0.717, 1.165) is 25.7 Å². The predicted octanol–water partition coefficient (Wildman–Crippen LogP) is 1.28. The summed E-state index contributed by atoms with van der Waals surface area (Å²) in [5.41, 5.74) is 0. The number of methoxy groups -OCH3 is 1. The molecule has 1 aliphatic rings. The van der Waals surface area contributed by atoms with Gasteiger partial charge in [0.05, 0.1) is 7.11 Å². The number of esters is 2. The monoisotopic (exact) mass is 200 g/mol. The van der Waals surface area contributed by atoms with Crippen LogP contribution in [-0.4, -0.2) is 25.2 Å². The van der Waals surface area contributed by atoms with Gasteiger partial charge in [-0.3, -0.25) is 9.59 Å². The van der Waals surface area contributed by atoms with Crippen molar-refractivity contribution in [3.63, 3.8) is 0 Å². The molecule has 0 aromatic carbocycles. The van der Waals surface area contributed by atoms with Crippen LogP contribution in [0, 0.1) is 5.92 Å². The Hall–Kier alpha value is -1.06. The summed E-state index contributed by atoms with van der Waals surface area (Å²) in [4.78, 5) is 22.4. The van der Waals surface area contributed by atoms with Crippen molar-refractivity contribution < 1.29 is 19.1 Å². The van der Waals surface area contributed by atoms with Gasteiger partial charge >= 0.3 is 11.9 Å². The van der Waals surface area contributed by atoms with Gasteiger partial charge in [-0.25, -0.2) is 0 Å². The van der Waals surface area contributed by atoms with Crippen molar-refractivity contribution in [1.82, 2.24) is 0 Å². The number of hydrogen-bond acceptors (Lipinski definition) is 4. The SMILES string of the molecule is COC(=O)C(C)C(=O)OC1CCCC1. The predicted molar refractivity (Wildman–Crippen MR) is 49.5 cm³/mol. The van der Waals surface area contributed by atoms with E-state index in [9.17, 15) is 9.59 Å². The van der Waals surface area contributed by atoms with Gasteiger partial charge in [-0.2, -0.15) is 0 Å². The number of rotatable bonds is 3. The van der Waals surface area contributed by atoms with Crippen molar-refractivity contribution in [3.05, 3.63) is 0 Å². The molecule has 0 amide bonds. The molecule has 1 fully saturated rings. The molecule has 0 saturated heterocycles. The molecule has 4 nitrogen and oxygen atoms in total. The Morgan fingerprint density at radius 2 is 1.79 bits per heavy atom. The fraction of sp³-hybridized carbons (Fsp3) is 0.800. The van der Waals surface area contributed by atoms with E-state index >= 15 is 0 Å². The maximum absolute atomic E-state index is 11.4. The average molecular weight is 200 g/mol. The normalized spacial score (nSPS) is 19.0. The molecule has 0 bridgehead atoms. The second kappa shape index (κ2) is 4.98.